The van der Waals surface area contributed by atoms with Gasteiger partial charge in [0.15, 0.2) is 12.4 Å². The number of benzene rings is 1. The van der Waals surface area contributed by atoms with Gasteiger partial charge < -0.3 is 15.2 Å². The summed E-state index contributed by atoms with van der Waals surface area (Å²) >= 11 is 0. The van der Waals surface area contributed by atoms with Crippen molar-refractivity contribution in [2.24, 2.45) is 0 Å². The zero-order valence-electron chi connectivity index (χ0n) is 16.4. The van der Waals surface area contributed by atoms with Gasteiger partial charge >= 0.3 is 0 Å². The fraction of sp³-hybridized carbons (Fsp3) is 0.727. The van der Waals surface area contributed by atoms with E-state index in [1.165, 1.54) is 51.4 Å². The maximum absolute atomic E-state index is 13.7. The summed E-state index contributed by atoms with van der Waals surface area (Å²) in [5.41, 5.74) is 2.39. The number of para-hydroxylation sites is 2. The molecule has 1 saturated heterocycles. The summed E-state index contributed by atoms with van der Waals surface area (Å²) in [5, 5.41) is 17.0. The van der Waals surface area contributed by atoms with Crippen LogP contribution in [-0.4, -0.2) is 36.2 Å². The molecule has 26 heavy (non-hydrogen) atoms. The predicted octanol–water partition coefficient (Wildman–Crippen LogP) is 5.23. The van der Waals surface area contributed by atoms with Crippen molar-refractivity contribution in [3.8, 4) is 0 Å². The molecule has 0 bridgehead atoms. The summed E-state index contributed by atoms with van der Waals surface area (Å²) in [4.78, 5) is 2.77. The molecule has 2 heterocycles. The molecule has 4 heteroatoms. The average molecular weight is 358 g/mol. The van der Waals surface area contributed by atoms with Crippen molar-refractivity contribution >= 4 is 11.4 Å². The Morgan fingerprint density at radius 3 is 2.42 bits per heavy atom. The van der Waals surface area contributed by atoms with Crippen molar-refractivity contribution in [3.63, 3.8) is 0 Å². The van der Waals surface area contributed by atoms with Gasteiger partial charge in [0, 0.05) is 37.5 Å². The third kappa shape index (κ3) is 3.17. The second-order valence-corrected chi connectivity index (χ2v) is 8.71. The van der Waals surface area contributed by atoms with Gasteiger partial charge in [0.2, 0.25) is 0 Å². The van der Waals surface area contributed by atoms with Crippen LogP contribution in [0.25, 0.3) is 0 Å². The Bertz CT molecular complexity index is 603. The molecular weight excluding hydrogens is 322 g/mol. The van der Waals surface area contributed by atoms with Crippen LogP contribution in [0.15, 0.2) is 24.3 Å². The standard InChI is InChI=1S/C22H35N3O/c1-2-22(14-8-4-3-5-9-15-22)24-16-12-19(13-17-24)25(26)18-23-20-10-6-7-11-21(20)25/h6-7,10-11,19,23H,2-5,8-9,12-18H2,1H3. The quantitative estimate of drug-likeness (QED) is 0.594. The number of anilines is 1. The Labute approximate surface area is 158 Å². The highest BCUT2D eigenvalue weighted by molar-refractivity contribution is 5.72. The predicted molar refractivity (Wildman–Crippen MR) is 110 cm³/mol. The number of hydrogen-bond acceptors (Lipinski definition) is 3. The smallest absolute Gasteiger partial charge is 0.158 e. The maximum atomic E-state index is 13.7. The van der Waals surface area contributed by atoms with Crippen LogP contribution in [0.1, 0.15) is 71.1 Å². The number of nitrogens with one attached hydrogen (secondary N) is 1. The van der Waals surface area contributed by atoms with Crippen LogP contribution in [0.4, 0.5) is 11.4 Å². The molecule has 3 aliphatic rings. The molecule has 1 N–H and O–H groups in total. The fourth-order valence-electron chi connectivity index (χ4n) is 5.78. The van der Waals surface area contributed by atoms with E-state index in [9.17, 15) is 5.21 Å². The van der Waals surface area contributed by atoms with Gasteiger partial charge in [-0.2, -0.15) is 0 Å². The van der Waals surface area contributed by atoms with Gasteiger partial charge in [0.05, 0.1) is 6.04 Å². The summed E-state index contributed by atoms with van der Waals surface area (Å²) in [5.74, 6) is 0. The average Bonchev–Trinajstić information content (AvgIpc) is 3.01. The van der Waals surface area contributed by atoms with Crippen LogP contribution in [0, 0.1) is 5.21 Å². The number of piperidine rings is 1. The molecule has 1 saturated carbocycles. The van der Waals surface area contributed by atoms with E-state index in [2.05, 4.69) is 17.1 Å². The SMILES string of the molecule is CCC1(N2CCC([N+]3([O-])CNc4ccccc43)CC2)CCCCCCC1. The monoisotopic (exact) mass is 357 g/mol. The number of nitrogens with zero attached hydrogens (tertiary/aromatic N) is 2. The molecule has 0 spiro atoms. The Balaban J connectivity index is 1.45. The van der Waals surface area contributed by atoms with E-state index in [1.807, 2.05) is 24.3 Å². The number of hydroxylamine groups is 2. The highest BCUT2D eigenvalue weighted by atomic mass is 16.6. The lowest BCUT2D eigenvalue weighted by molar-refractivity contribution is 0.0205. The highest BCUT2D eigenvalue weighted by Crippen LogP contribution is 2.42. The molecule has 0 amide bonds. The van der Waals surface area contributed by atoms with Crippen LogP contribution in [0.5, 0.6) is 0 Å². The van der Waals surface area contributed by atoms with E-state index in [-0.39, 0.29) is 10.7 Å². The first-order valence-corrected chi connectivity index (χ1v) is 10.9. The van der Waals surface area contributed by atoms with Gasteiger partial charge in [0.25, 0.3) is 0 Å². The molecule has 1 aromatic carbocycles. The summed E-state index contributed by atoms with van der Waals surface area (Å²) in [6.07, 6.45) is 13.0. The van der Waals surface area contributed by atoms with E-state index < -0.39 is 0 Å². The Morgan fingerprint density at radius 2 is 1.73 bits per heavy atom. The minimum atomic E-state index is -0.164. The molecule has 1 unspecified atom stereocenters. The van der Waals surface area contributed by atoms with Gasteiger partial charge in [-0.3, -0.25) is 4.90 Å². The number of fused-ring (bicyclic) bond motifs is 1. The third-order valence-corrected chi connectivity index (χ3v) is 7.48. The molecule has 0 aromatic heterocycles. The van der Waals surface area contributed by atoms with Gasteiger partial charge in [-0.25, -0.2) is 0 Å². The molecular formula is C22H35N3O. The Hall–Kier alpha value is -1.10. The van der Waals surface area contributed by atoms with Gasteiger partial charge in [-0.15, -0.1) is 0 Å². The number of likely N-dealkylation sites (tertiary alicyclic amines) is 1. The summed E-state index contributed by atoms with van der Waals surface area (Å²) in [6, 6.07) is 8.29. The minimum Gasteiger partial charge on any atom is -0.626 e. The third-order valence-electron chi connectivity index (χ3n) is 7.48. The number of quaternary nitrogens is 1. The minimum absolute atomic E-state index is 0.164. The van der Waals surface area contributed by atoms with Crippen LogP contribution in [0.2, 0.25) is 0 Å². The molecule has 4 rings (SSSR count). The number of rotatable bonds is 3. The maximum Gasteiger partial charge on any atom is 0.158 e. The normalized spacial score (nSPS) is 30.2. The Kier molecular flexibility index (Phi) is 5.27. The van der Waals surface area contributed by atoms with Gasteiger partial charge in [-0.05, 0) is 25.3 Å². The molecule has 0 radical (unpaired) electrons. The van der Waals surface area contributed by atoms with Crippen molar-refractivity contribution in [2.75, 3.05) is 25.1 Å². The van der Waals surface area contributed by atoms with E-state index in [0.717, 1.165) is 37.3 Å². The second-order valence-electron chi connectivity index (χ2n) is 8.71. The first-order valence-electron chi connectivity index (χ1n) is 10.9. The van der Waals surface area contributed by atoms with Crippen LogP contribution in [0.3, 0.4) is 0 Å². The van der Waals surface area contributed by atoms with Gasteiger partial charge in [0.1, 0.15) is 5.69 Å². The molecule has 2 fully saturated rings. The highest BCUT2D eigenvalue weighted by Gasteiger charge is 2.43. The fourth-order valence-corrected chi connectivity index (χ4v) is 5.78. The number of hydrogen-bond donors (Lipinski definition) is 1. The molecule has 4 nitrogen and oxygen atoms in total. The zero-order valence-corrected chi connectivity index (χ0v) is 16.4. The summed E-state index contributed by atoms with van der Waals surface area (Å²) in [7, 11) is 0. The molecule has 2 aliphatic heterocycles. The summed E-state index contributed by atoms with van der Waals surface area (Å²) < 4.78 is -0.164. The van der Waals surface area contributed by atoms with E-state index >= 15 is 0 Å². The first kappa shape index (κ1) is 18.3. The van der Waals surface area contributed by atoms with E-state index in [1.54, 1.807) is 0 Å². The van der Waals surface area contributed by atoms with Crippen LogP contribution < -0.4 is 9.96 Å². The van der Waals surface area contributed by atoms with E-state index in [4.69, 9.17) is 0 Å². The van der Waals surface area contributed by atoms with Crippen LogP contribution in [-0.2, 0) is 0 Å². The molecule has 144 valence electrons. The van der Waals surface area contributed by atoms with Gasteiger partial charge in [-0.1, -0.05) is 51.2 Å². The molecule has 1 aliphatic carbocycles. The Morgan fingerprint density at radius 1 is 1.08 bits per heavy atom. The van der Waals surface area contributed by atoms with Crippen molar-refractivity contribution in [1.29, 1.82) is 0 Å². The summed E-state index contributed by atoms with van der Waals surface area (Å²) in [6.45, 7) is 5.09. The van der Waals surface area contributed by atoms with Crippen LogP contribution >= 0.6 is 0 Å². The van der Waals surface area contributed by atoms with E-state index in [0.29, 0.717) is 12.2 Å². The lowest BCUT2D eigenvalue weighted by Gasteiger charge is -2.52. The topological polar surface area (TPSA) is 38.3 Å². The lowest BCUT2D eigenvalue weighted by Crippen LogP contribution is -2.59. The van der Waals surface area contributed by atoms with Crippen molar-refractivity contribution < 1.29 is 0 Å². The largest absolute Gasteiger partial charge is 0.626 e. The zero-order chi connectivity index (χ0) is 18.0. The lowest BCUT2D eigenvalue weighted by atomic mass is 9.79. The second kappa shape index (κ2) is 7.49. The van der Waals surface area contributed by atoms with Crippen molar-refractivity contribution in [3.05, 3.63) is 29.5 Å². The molecule has 1 aromatic rings. The van der Waals surface area contributed by atoms with Crippen molar-refractivity contribution in [2.45, 2.75) is 82.7 Å². The van der Waals surface area contributed by atoms with Crippen molar-refractivity contribution in [1.82, 2.24) is 9.55 Å². The first-order chi connectivity index (χ1) is 12.7. The molecule has 1 atom stereocenters.